The molecule has 24 heavy (non-hydrogen) atoms. The number of amides is 1. The molecule has 2 aromatic rings. The molecule has 1 N–H and O–H groups in total. The summed E-state index contributed by atoms with van der Waals surface area (Å²) in [5.74, 6) is 1.33. The van der Waals surface area contributed by atoms with E-state index in [9.17, 15) is 4.79 Å². The number of carbonyl (C=O) groups excluding carboxylic acids is 1. The first kappa shape index (κ1) is 15.9. The summed E-state index contributed by atoms with van der Waals surface area (Å²) in [6.45, 7) is 6.59. The van der Waals surface area contributed by atoms with Crippen LogP contribution in [0, 0.1) is 0 Å². The second-order valence-corrected chi connectivity index (χ2v) is 5.29. The lowest BCUT2D eigenvalue weighted by atomic mass is 10.0. The average molecular weight is 321 g/mol. The molecule has 1 aliphatic rings. The van der Waals surface area contributed by atoms with E-state index in [0.717, 1.165) is 28.3 Å². The molecule has 1 amide bonds. The first-order valence-electron chi connectivity index (χ1n) is 7.86. The third-order valence-corrected chi connectivity index (χ3v) is 3.66. The van der Waals surface area contributed by atoms with Crippen molar-refractivity contribution < 1.29 is 14.3 Å². The van der Waals surface area contributed by atoms with E-state index in [4.69, 9.17) is 9.47 Å². The van der Waals surface area contributed by atoms with Gasteiger partial charge in [0.05, 0.1) is 12.3 Å². The van der Waals surface area contributed by atoms with Gasteiger partial charge >= 0.3 is 0 Å². The number of ether oxygens (including phenoxy) is 2. The zero-order valence-electron chi connectivity index (χ0n) is 13.5. The molecule has 2 aromatic carbocycles. The predicted octanol–water partition coefficient (Wildman–Crippen LogP) is 4.14. The van der Waals surface area contributed by atoms with Crippen molar-refractivity contribution in [3.63, 3.8) is 0 Å². The summed E-state index contributed by atoms with van der Waals surface area (Å²) in [4.78, 5) is 12.4. The Morgan fingerprint density at radius 3 is 2.79 bits per heavy atom. The summed E-state index contributed by atoms with van der Waals surface area (Å²) in [6, 6.07) is 13.2. The first-order chi connectivity index (χ1) is 11.7. The van der Waals surface area contributed by atoms with Crippen LogP contribution in [0.4, 0.5) is 5.69 Å². The molecule has 4 heteroatoms. The standard InChI is InChI=1S/C20H19NO3/c1-3-11-24-19-8-6-5-7-14(19)12-17-16-10-9-15(23-4-2)13-18(16)21-20(17)22/h3,5-10,12-13H,1,4,11H2,2H3,(H,21,22)/b17-12+. The van der Waals surface area contributed by atoms with Gasteiger partial charge in [0.1, 0.15) is 18.1 Å². The minimum absolute atomic E-state index is 0.128. The van der Waals surface area contributed by atoms with E-state index >= 15 is 0 Å². The van der Waals surface area contributed by atoms with Crippen molar-refractivity contribution in [2.75, 3.05) is 18.5 Å². The third-order valence-electron chi connectivity index (χ3n) is 3.66. The van der Waals surface area contributed by atoms with Crippen molar-refractivity contribution >= 4 is 23.2 Å². The van der Waals surface area contributed by atoms with Gasteiger partial charge in [0, 0.05) is 22.8 Å². The van der Waals surface area contributed by atoms with Gasteiger partial charge in [-0.2, -0.15) is 0 Å². The van der Waals surface area contributed by atoms with E-state index in [0.29, 0.717) is 18.8 Å². The van der Waals surface area contributed by atoms with E-state index < -0.39 is 0 Å². The molecule has 0 unspecified atom stereocenters. The van der Waals surface area contributed by atoms with Crippen LogP contribution in [0.1, 0.15) is 18.1 Å². The van der Waals surface area contributed by atoms with Crippen molar-refractivity contribution in [1.29, 1.82) is 0 Å². The molecular formula is C20H19NO3. The minimum atomic E-state index is -0.128. The molecule has 0 spiro atoms. The normalized spacial score (nSPS) is 14.2. The highest BCUT2D eigenvalue weighted by Crippen LogP contribution is 2.36. The number of para-hydroxylation sites is 1. The Morgan fingerprint density at radius 2 is 2.00 bits per heavy atom. The monoisotopic (exact) mass is 321 g/mol. The van der Waals surface area contributed by atoms with Crippen LogP contribution in [-0.4, -0.2) is 19.1 Å². The van der Waals surface area contributed by atoms with Gasteiger partial charge in [-0.05, 0) is 31.2 Å². The van der Waals surface area contributed by atoms with Gasteiger partial charge in [-0.15, -0.1) is 0 Å². The Kier molecular flexibility index (Phi) is 4.66. The zero-order chi connectivity index (χ0) is 16.9. The van der Waals surface area contributed by atoms with Crippen LogP contribution >= 0.6 is 0 Å². The highest BCUT2D eigenvalue weighted by atomic mass is 16.5. The number of hydrogen-bond donors (Lipinski definition) is 1. The lowest BCUT2D eigenvalue weighted by Gasteiger charge is -2.08. The highest BCUT2D eigenvalue weighted by molar-refractivity contribution is 6.35. The number of benzene rings is 2. The van der Waals surface area contributed by atoms with Crippen molar-refractivity contribution in [3.8, 4) is 11.5 Å². The minimum Gasteiger partial charge on any atom is -0.494 e. The molecule has 0 bridgehead atoms. The van der Waals surface area contributed by atoms with E-state index in [1.807, 2.05) is 55.5 Å². The zero-order valence-corrected chi connectivity index (χ0v) is 13.5. The van der Waals surface area contributed by atoms with Gasteiger partial charge < -0.3 is 14.8 Å². The highest BCUT2D eigenvalue weighted by Gasteiger charge is 2.24. The number of nitrogens with one attached hydrogen (secondary N) is 1. The first-order valence-corrected chi connectivity index (χ1v) is 7.86. The molecule has 0 aromatic heterocycles. The maximum atomic E-state index is 12.4. The number of fused-ring (bicyclic) bond motifs is 1. The van der Waals surface area contributed by atoms with Crippen LogP contribution in [0.5, 0.6) is 11.5 Å². The molecule has 1 aliphatic heterocycles. The van der Waals surface area contributed by atoms with Gasteiger partial charge in [0.25, 0.3) is 5.91 Å². The van der Waals surface area contributed by atoms with Crippen LogP contribution in [0.2, 0.25) is 0 Å². The van der Waals surface area contributed by atoms with Crippen LogP contribution < -0.4 is 14.8 Å². The Balaban J connectivity index is 1.98. The van der Waals surface area contributed by atoms with E-state index in [2.05, 4.69) is 11.9 Å². The summed E-state index contributed by atoms with van der Waals surface area (Å²) in [7, 11) is 0. The van der Waals surface area contributed by atoms with Gasteiger partial charge in [-0.1, -0.05) is 30.9 Å². The maximum absolute atomic E-state index is 12.4. The van der Waals surface area contributed by atoms with Crippen LogP contribution in [0.25, 0.3) is 11.6 Å². The SMILES string of the molecule is C=CCOc1ccccc1/C=C1/C(=O)Nc2cc(OCC)ccc21. The lowest BCUT2D eigenvalue weighted by Crippen LogP contribution is -2.04. The van der Waals surface area contributed by atoms with Crippen molar-refractivity contribution in [2.45, 2.75) is 6.92 Å². The molecule has 0 fully saturated rings. The van der Waals surface area contributed by atoms with Gasteiger partial charge in [0.15, 0.2) is 0 Å². The number of rotatable bonds is 6. The summed E-state index contributed by atoms with van der Waals surface area (Å²) in [5, 5.41) is 2.88. The molecule has 0 saturated carbocycles. The molecular weight excluding hydrogens is 302 g/mol. The fourth-order valence-corrected chi connectivity index (χ4v) is 2.61. The number of carbonyl (C=O) groups is 1. The molecule has 122 valence electrons. The predicted molar refractivity (Wildman–Crippen MR) is 96.2 cm³/mol. The Morgan fingerprint density at radius 1 is 1.17 bits per heavy atom. The molecule has 3 rings (SSSR count). The molecule has 0 aliphatic carbocycles. The third kappa shape index (κ3) is 3.18. The average Bonchev–Trinajstić information content (AvgIpc) is 2.89. The van der Waals surface area contributed by atoms with Crippen molar-refractivity contribution in [1.82, 2.24) is 0 Å². The van der Waals surface area contributed by atoms with E-state index in [1.54, 1.807) is 6.08 Å². The van der Waals surface area contributed by atoms with Crippen molar-refractivity contribution in [2.24, 2.45) is 0 Å². The summed E-state index contributed by atoms with van der Waals surface area (Å²) in [5.41, 5.74) is 3.10. The van der Waals surface area contributed by atoms with Crippen molar-refractivity contribution in [3.05, 3.63) is 66.2 Å². The molecule has 1 heterocycles. The van der Waals surface area contributed by atoms with Gasteiger partial charge in [-0.3, -0.25) is 4.79 Å². The largest absolute Gasteiger partial charge is 0.494 e. The quantitative estimate of drug-likeness (QED) is 0.642. The summed E-state index contributed by atoms with van der Waals surface area (Å²) in [6.07, 6.45) is 3.54. The van der Waals surface area contributed by atoms with E-state index in [1.165, 1.54) is 0 Å². The number of hydrogen-bond acceptors (Lipinski definition) is 3. The second-order valence-electron chi connectivity index (χ2n) is 5.29. The topological polar surface area (TPSA) is 47.6 Å². The van der Waals surface area contributed by atoms with Crippen LogP contribution in [0.15, 0.2) is 55.1 Å². The van der Waals surface area contributed by atoms with Crippen LogP contribution in [0.3, 0.4) is 0 Å². The Hall–Kier alpha value is -3.01. The molecule has 0 radical (unpaired) electrons. The smallest absolute Gasteiger partial charge is 0.256 e. The summed E-state index contributed by atoms with van der Waals surface area (Å²) >= 11 is 0. The Labute approximate surface area is 141 Å². The molecule has 4 nitrogen and oxygen atoms in total. The lowest BCUT2D eigenvalue weighted by molar-refractivity contribution is -0.110. The number of anilines is 1. The maximum Gasteiger partial charge on any atom is 0.256 e. The van der Waals surface area contributed by atoms with E-state index in [-0.39, 0.29) is 5.91 Å². The fraction of sp³-hybridized carbons (Fsp3) is 0.150. The Bertz CT molecular complexity index is 808. The van der Waals surface area contributed by atoms with Crippen LogP contribution in [-0.2, 0) is 4.79 Å². The molecule has 0 atom stereocenters. The molecule has 0 saturated heterocycles. The van der Waals surface area contributed by atoms with Gasteiger partial charge in [-0.25, -0.2) is 0 Å². The second kappa shape index (κ2) is 7.04. The van der Waals surface area contributed by atoms with Gasteiger partial charge in [0.2, 0.25) is 0 Å². The fourth-order valence-electron chi connectivity index (χ4n) is 2.61. The summed E-state index contributed by atoms with van der Waals surface area (Å²) < 4.78 is 11.1.